The molecule has 0 atom stereocenters. The lowest BCUT2D eigenvalue weighted by Crippen LogP contribution is -2.10. The Hall–Kier alpha value is -0.830. The Kier molecular flexibility index (Phi) is 5.47. The van der Waals surface area contributed by atoms with Crippen LogP contribution >= 0.6 is 0 Å². The first-order valence-corrected chi connectivity index (χ1v) is 3.68. The first-order chi connectivity index (χ1) is 5.16. The number of rotatable bonds is 4. The minimum Gasteiger partial charge on any atom is -0.460 e. The molecule has 0 aromatic heterocycles. The fourth-order valence-electron chi connectivity index (χ4n) is 0.545. The van der Waals surface area contributed by atoms with Gasteiger partial charge in [-0.05, 0) is 20.9 Å². The summed E-state index contributed by atoms with van der Waals surface area (Å²) in [5, 5.41) is 2.88. The van der Waals surface area contributed by atoms with Crippen molar-refractivity contribution < 1.29 is 9.53 Å². The molecule has 0 fully saturated rings. The largest absolute Gasteiger partial charge is 0.460 e. The highest BCUT2D eigenvalue weighted by atomic mass is 16.5. The number of likely N-dealkylation sites (N-methyl/N-ethyl adjacent to an activating group) is 1. The molecule has 0 heterocycles. The van der Waals surface area contributed by atoms with E-state index >= 15 is 0 Å². The molecule has 0 unspecified atom stereocenters. The molecule has 1 N–H and O–H groups in total. The second kappa shape index (κ2) is 5.92. The number of hydrogen-bond acceptors (Lipinski definition) is 3. The molecule has 0 aromatic carbocycles. The lowest BCUT2D eigenvalue weighted by molar-refractivity contribution is -0.141. The molecule has 0 radical (unpaired) electrons. The molecule has 3 heteroatoms. The average molecular weight is 157 g/mol. The third kappa shape index (κ3) is 7.06. The highest BCUT2D eigenvalue weighted by Gasteiger charge is 1.98. The maximum atomic E-state index is 10.8. The van der Waals surface area contributed by atoms with E-state index in [1.807, 2.05) is 20.9 Å². The van der Waals surface area contributed by atoms with Crippen molar-refractivity contribution in [2.45, 2.75) is 20.0 Å². The van der Waals surface area contributed by atoms with Crippen LogP contribution in [0.25, 0.3) is 0 Å². The van der Waals surface area contributed by atoms with Gasteiger partial charge in [-0.15, -0.1) is 0 Å². The Bertz CT molecular complexity index is 141. The van der Waals surface area contributed by atoms with Crippen LogP contribution in [0.3, 0.4) is 0 Å². The Labute approximate surface area is 67.4 Å². The van der Waals surface area contributed by atoms with Gasteiger partial charge in [-0.25, -0.2) is 4.79 Å². The van der Waals surface area contributed by atoms with E-state index in [9.17, 15) is 4.79 Å². The Morgan fingerprint density at radius 3 is 2.73 bits per heavy atom. The molecular weight excluding hydrogens is 142 g/mol. The molecule has 0 rings (SSSR count). The predicted molar refractivity (Wildman–Crippen MR) is 44.3 cm³/mol. The summed E-state index contributed by atoms with van der Waals surface area (Å²) in [7, 11) is 1.82. The van der Waals surface area contributed by atoms with Gasteiger partial charge in [0, 0.05) is 12.6 Å². The van der Waals surface area contributed by atoms with Gasteiger partial charge < -0.3 is 10.1 Å². The summed E-state index contributed by atoms with van der Waals surface area (Å²) in [6.45, 7) is 4.33. The van der Waals surface area contributed by atoms with Crippen LogP contribution in [0.1, 0.15) is 13.8 Å². The minimum atomic E-state index is -0.282. The van der Waals surface area contributed by atoms with E-state index in [1.54, 1.807) is 6.08 Å². The SMILES string of the molecule is CNC/C=C/C(=O)OC(C)C. The van der Waals surface area contributed by atoms with Crippen LogP contribution in [0.15, 0.2) is 12.2 Å². The van der Waals surface area contributed by atoms with Crippen LogP contribution in [0.4, 0.5) is 0 Å². The average Bonchev–Trinajstić information content (AvgIpc) is 1.86. The summed E-state index contributed by atoms with van der Waals surface area (Å²) in [4.78, 5) is 10.8. The van der Waals surface area contributed by atoms with Crippen molar-refractivity contribution in [1.82, 2.24) is 5.32 Å². The lowest BCUT2D eigenvalue weighted by Gasteiger charge is -2.03. The molecule has 64 valence electrons. The van der Waals surface area contributed by atoms with Crippen LogP contribution in [0, 0.1) is 0 Å². The summed E-state index contributed by atoms with van der Waals surface area (Å²) in [5.41, 5.74) is 0. The topological polar surface area (TPSA) is 38.3 Å². The van der Waals surface area contributed by atoms with Gasteiger partial charge in [-0.1, -0.05) is 6.08 Å². The number of esters is 1. The number of nitrogens with one attached hydrogen (secondary N) is 1. The zero-order valence-electron chi connectivity index (χ0n) is 7.26. The molecular formula is C8H15NO2. The molecule has 0 saturated carbocycles. The number of hydrogen-bond donors (Lipinski definition) is 1. The number of carbonyl (C=O) groups excluding carboxylic acids is 1. The van der Waals surface area contributed by atoms with Crippen molar-refractivity contribution in [1.29, 1.82) is 0 Å². The van der Waals surface area contributed by atoms with Gasteiger partial charge in [0.15, 0.2) is 0 Å². The molecule has 0 aliphatic rings. The van der Waals surface area contributed by atoms with Gasteiger partial charge in [0.05, 0.1) is 6.10 Å². The second-order valence-corrected chi connectivity index (χ2v) is 2.45. The van der Waals surface area contributed by atoms with Crippen molar-refractivity contribution >= 4 is 5.97 Å². The van der Waals surface area contributed by atoms with Gasteiger partial charge in [0.2, 0.25) is 0 Å². The monoisotopic (exact) mass is 157 g/mol. The Morgan fingerprint density at radius 1 is 1.64 bits per heavy atom. The van der Waals surface area contributed by atoms with E-state index in [1.165, 1.54) is 6.08 Å². The summed E-state index contributed by atoms with van der Waals surface area (Å²) in [6, 6.07) is 0. The zero-order valence-corrected chi connectivity index (χ0v) is 7.26. The van der Waals surface area contributed by atoms with Gasteiger partial charge >= 0.3 is 5.97 Å². The zero-order chi connectivity index (χ0) is 8.69. The van der Waals surface area contributed by atoms with E-state index in [0.717, 1.165) is 0 Å². The van der Waals surface area contributed by atoms with E-state index in [4.69, 9.17) is 4.74 Å². The molecule has 11 heavy (non-hydrogen) atoms. The Balaban J connectivity index is 3.51. The molecule has 0 aliphatic heterocycles. The van der Waals surface area contributed by atoms with Crippen LogP contribution < -0.4 is 5.32 Å². The molecule has 0 bridgehead atoms. The molecule has 0 saturated heterocycles. The van der Waals surface area contributed by atoms with Crippen molar-refractivity contribution in [3.63, 3.8) is 0 Å². The fraction of sp³-hybridized carbons (Fsp3) is 0.625. The number of ether oxygens (including phenoxy) is 1. The van der Waals surface area contributed by atoms with E-state index in [2.05, 4.69) is 5.32 Å². The summed E-state index contributed by atoms with van der Waals surface area (Å²) >= 11 is 0. The minimum absolute atomic E-state index is 0.0401. The summed E-state index contributed by atoms with van der Waals surface area (Å²) in [5.74, 6) is -0.282. The van der Waals surface area contributed by atoms with Crippen LogP contribution in [-0.2, 0) is 9.53 Å². The van der Waals surface area contributed by atoms with E-state index in [-0.39, 0.29) is 12.1 Å². The first kappa shape index (κ1) is 10.2. The predicted octanol–water partition coefficient (Wildman–Crippen LogP) is 0.714. The van der Waals surface area contributed by atoms with Crippen molar-refractivity contribution in [2.24, 2.45) is 0 Å². The smallest absolute Gasteiger partial charge is 0.330 e. The van der Waals surface area contributed by atoms with Crippen molar-refractivity contribution in [3.05, 3.63) is 12.2 Å². The lowest BCUT2D eigenvalue weighted by atomic mass is 10.4. The van der Waals surface area contributed by atoms with E-state index < -0.39 is 0 Å². The summed E-state index contributed by atoms with van der Waals surface area (Å²) in [6.07, 6.45) is 3.11. The highest BCUT2D eigenvalue weighted by Crippen LogP contribution is 1.89. The van der Waals surface area contributed by atoms with Crippen molar-refractivity contribution in [3.8, 4) is 0 Å². The van der Waals surface area contributed by atoms with Gasteiger partial charge in [0.25, 0.3) is 0 Å². The quantitative estimate of drug-likeness (QED) is 0.482. The molecule has 3 nitrogen and oxygen atoms in total. The fourth-order valence-corrected chi connectivity index (χ4v) is 0.545. The molecule has 0 aromatic rings. The first-order valence-electron chi connectivity index (χ1n) is 3.68. The highest BCUT2D eigenvalue weighted by molar-refractivity contribution is 5.82. The van der Waals surface area contributed by atoms with Crippen LogP contribution in [0.5, 0.6) is 0 Å². The summed E-state index contributed by atoms with van der Waals surface area (Å²) < 4.78 is 4.84. The third-order valence-electron chi connectivity index (χ3n) is 0.928. The second-order valence-electron chi connectivity index (χ2n) is 2.45. The van der Waals surface area contributed by atoms with Gasteiger partial charge in [-0.2, -0.15) is 0 Å². The van der Waals surface area contributed by atoms with Crippen LogP contribution in [0.2, 0.25) is 0 Å². The van der Waals surface area contributed by atoms with Crippen molar-refractivity contribution in [2.75, 3.05) is 13.6 Å². The van der Waals surface area contributed by atoms with Crippen LogP contribution in [-0.4, -0.2) is 25.7 Å². The molecule has 0 amide bonds. The Morgan fingerprint density at radius 2 is 2.27 bits per heavy atom. The van der Waals surface area contributed by atoms with Gasteiger partial charge in [-0.3, -0.25) is 0 Å². The normalized spacial score (nSPS) is 10.9. The maximum Gasteiger partial charge on any atom is 0.330 e. The number of carbonyl (C=O) groups is 1. The molecule has 0 aliphatic carbocycles. The van der Waals surface area contributed by atoms with E-state index in [0.29, 0.717) is 6.54 Å². The maximum absolute atomic E-state index is 10.8. The standard InChI is InChI=1S/C8H15NO2/c1-7(2)11-8(10)5-4-6-9-3/h4-5,7,9H,6H2,1-3H3/b5-4+. The third-order valence-corrected chi connectivity index (χ3v) is 0.928. The molecule has 0 spiro atoms. The van der Waals surface area contributed by atoms with Gasteiger partial charge in [0.1, 0.15) is 0 Å².